The number of hydrogen-bond acceptors (Lipinski definition) is 6. The molecule has 2 heterocycles. The first kappa shape index (κ1) is 13.5. The van der Waals surface area contributed by atoms with Gasteiger partial charge in [-0.3, -0.25) is 0 Å². The zero-order valence-electron chi connectivity index (χ0n) is 11.3. The Morgan fingerprint density at radius 1 is 1.45 bits per heavy atom. The van der Waals surface area contributed by atoms with E-state index in [1.165, 1.54) is 12.3 Å². The number of sulfone groups is 1. The predicted molar refractivity (Wildman–Crippen MR) is 73.3 cm³/mol. The Balaban J connectivity index is 1.95. The highest BCUT2D eigenvalue weighted by Gasteiger charge is 2.28. The van der Waals surface area contributed by atoms with Gasteiger partial charge in [-0.05, 0) is 24.6 Å². The molecule has 7 heteroatoms. The minimum absolute atomic E-state index is 0.00836. The summed E-state index contributed by atoms with van der Waals surface area (Å²) in [5.74, 6) is 0.574. The van der Waals surface area contributed by atoms with Gasteiger partial charge in [0, 0.05) is 19.9 Å². The molecule has 0 amide bonds. The molecule has 0 spiro atoms. The molecule has 2 unspecified atom stereocenters. The first-order valence-electron chi connectivity index (χ1n) is 6.34. The molecule has 1 saturated heterocycles. The summed E-state index contributed by atoms with van der Waals surface area (Å²) in [7, 11) is -1.55. The van der Waals surface area contributed by atoms with E-state index in [0.717, 1.165) is 13.0 Å². The van der Waals surface area contributed by atoms with Gasteiger partial charge in [-0.15, -0.1) is 0 Å². The summed E-state index contributed by atoms with van der Waals surface area (Å²) in [6.45, 7) is 0.758. The summed E-state index contributed by atoms with van der Waals surface area (Å²) < 4.78 is 34.0. The molecule has 2 aromatic rings. The van der Waals surface area contributed by atoms with Crippen LogP contribution in [0.25, 0.3) is 11.1 Å². The Morgan fingerprint density at radius 3 is 2.90 bits per heavy atom. The van der Waals surface area contributed by atoms with E-state index in [1.54, 1.807) is 19.2 Å². The molecule has 0 radical (unpaired) electrons. The normalized spacial score (nSPS) is 23.5. The van der Waals surface area contributed by atoms with Gasteiger partial charge in [0.2, 0.25) is 5.89 Å². The molecule has 20 heavy (non-hydrogen) atoms. The summed E-state index contributed by atoms with van der Waals surface area (Å²) in [6.07, 6.45) is 2.13. The van der Waals surface area contributed by atoms with Gasteiger partial charge in [0.15, 0.2) is 15.4 Å². The van der Waals surface area contributed by atoms with Crippen molar-refractivity contribution >= 4 is 20.9 Å². The molecule has 3 rings (SSSR count). The lowest BCUT2D eigenvalue weighted by Gasteiger charge is -2.04. The van der Waals surface area contributed by atoms with Gasteiger partial charge in [0.25, 0.3) is 0 Å². The van der Waals surface area contributed by atoms with E-state index in [4.69, 9.17) is 9.15 Å². The summed E-state index contributed by atoms with van der Waals surface area (Å²) >= 11 is 0. The van der Waals surface area contributed by atoms with Crippen molar-refractivity contribution in [1.82, 2.24) is 10.3 Å². The van der Waals surface area contributed by atoms with E-state index in [1.807, 2.05) is 0 Å². The molecular formula is C13H16N2O4S. The van der Waals surface area contributed by atoms with Crippen molar-refractivity contribution in [3.8, 4) is 0 Å². The third kappa shape index (κ3) is 2.44. The Labute approximate surface area is 117 Å². The van der Waals surface area contributed by atoms with E-state index in [2.05, 4.69) is 10.3 Å². The number of benzene rings is 1. The molecule has 108 valence electrons. The van der Waals surface area contributed by atoms with Crippen molar-refractivity contribution in [1.29, 1.82) is 0 Å². The highest BCUT2D eigenvalue weighted by Crippen LogP contribution is 2.28. The Hall–Kier alpha value is -1.44. The topological polar surface area (TPSA) is 81.4 Å². The number of hydrogen-bond donors (Lipinski definition) is 1. The lowest BCUT2D eigenvalue weighted by molar-refractivity contribution is 0.116. The minimum Gasteiger partial charge on any atom is -0.439 e. The Bertz CT molecular complexity index is 738. The average Bonchev–Trinajstić information content (AvgIpc) is 3.02. The fraction of sp³-hybridized carbons (Fsp3) is 0.462. The van der Waals surface area contributed by atoms with Crippen LogP contribution in [0.3, 0.4) is 0 Å². The molecule has 0 saturated carbocycles. The standard InChI is InChI=1S/C13H16N2O4S/c1-18-8-5-11(14-7-8)13-15-10-6-9(20(2,16)17)3-4-12(10)19-13/h3-4,6,8,11,14H,5,7H2,1-2H3. The smallest absolute Gasteiger partial charge is 0.212 e. The van der Waals surface area contributed by atoms with Crippen LogP contribution in [0.2, 0.25) is 0 Å². The number of nitrogens with zero attached hydrogens (tertiary/aromatic N) is 1. The molecule has 1 N–H and O–H groups in total. The van der Waals surface area contributed by atoms with Gasteiger partial charge < -0.3 is 14.5 Å². The Kier molecular flexibility index (Phi) is 3.27. The Morgan fingerprint density at radius 2 is 2.25 bits per heavy atom. The second-order valence-corrected chi connectivity index (χ2v) is 7.02. The molecule has 1 aromatic heterocycles. The first-order chi connectivity index (χ1) is 9.47. The quantitative estimate of drug-likeness (QED) is 0.919. The zero-order chi connectivity index (χ0) is 14.3. The highest BCUT2D eigenvalue weighted by atomic mass is 32.2. The molecule has 1 aromatic carbocycles. The predicted octanol–water partition coefficient (Wildman–Crippen LogP) is 1.28. The molecule has 1 fully saturated rings. The van der Waals surface area contributed by atoms with E-state index < -0.39 is 9.84 Å². The summed E-state index contributed by atoms with van der Waals surface area (Å²) in [5, 5.41) is 3.28. The summed E-state index contributed by atoms with van der Waals surface area (Å²) in [6, 6.07) is 4.73. The fourth-order valence-corrected chi connectivity index (χ4v) is 3.02. The van der Waals surface area contributed by atoms with Crippen LogP contribution >= 0.6 is 0 Å². The minimum atomic E-state index is -3.23. The number of oxazole rings is 1. The van der Waals surface area contributed by atoms with Gasteiger partial charge in [-0.1, -0.05) is 0 Å². The van der Waals surface area contributed by atoms with Crippen molar-refractivity contribution in [3.63, 3.8) is 0 Å². The van der Waals surface area contributed by atoms with Crippen LogP contribution in [-0.2, 0) is 14.6 Å². The van der Waals surface area contributed by atoms with Crippen LogP contribution in [0.5, 0.6) is 0 Å². The molecule has 0 aliphatic carbocycles. The molecule has 2 atom stereocenters. The van der Waals surface area contributed by atoms with Crippen molar-refractivity contribution in [3.05, 3.63) is 24.1 Å². The number of rotatable bonds is 3. The zero-order valence-corrected chi connectivity index (χ0v) is 12.1. The van der Waals surface area contributed by atoms with Crippen LogP contribution in [0.15, 0.2) is 27.5 Å². The maximum absolute atomic E-state index is 11.5. The van der Waals surface area contributed by atoms with Crippen LogP contribution in [-0.4, -0.2) is 39.4 Å². The lowest BCUT2D eigenvalue weighted by Crippen LogP contribution is -2.16. The van der Waals surface area contributed by atoms with E-state index in [9.17, 15) is 8.42 Å². The van der Waals surface area contributed by atoms with Gasteiger partial charge in [0.05, 0.1) is 17.0 Å². The van der Waals surface area contributed by atoms with Crippen molar-refractivity contribution < 1.29 is 17.6 Å². The SMILES string of the molecule is COC1CNC(c2nc3cc(S(C)(=O)=O)ccc3o2)C1. The summed E-state index contributed by atoms with van der Waals surface area (Å²) in [4.78, 5) is 4.64. The number of aromatic nitrogens is 1. The van der Waals surface area contributed by atoms with Gasteiger partial charge in [0.1, 0.15) is 5.52 Å². The number of methoxy groups -OCH3 is 1. The molecule has 0 bridgehead atoms. The van der Waals surface area contributed by atoms with Gasteiger partial charge in [-0.25, -0.2) is 13.4 Å². The average molecular weight is 296 g/mol. The largest absolute Gasteiger partial charge is 0.439 e. The maximum atomic E-state index is 11.5. The fourth-order valence-electron chi connectivity index (χ4n) is 2.38. The molecule has 1 aliphatic heterocycles. The second kappa shape index (κ2) is 4.83. The van der Waals surface area contributed by atoms with Crippen molar-refractivity contribution in [2.45, 2.75) is 23.5 Å². The molecule has 6 nitrogen and oxygen atoms in total. The number of fused-ring (bicyclic) bond motifs is 1. The first-order valence-corrected chi connectivity index (χ1v) is 8.23. The van der Waals surface area contributed by atoms with Gasteiger partial charge >= 0.3 is 0 Å². The van der Waals surface area contributed by atoms with E-state index >= 15 is 0 Å². The second-order valence-electron chi connectivity index (χ2n) is 5.01. The third-order valence-corrected chi connectivity index (χ3v) is 4.64. The van der Waals surface area contributed by atoms with E-state index in [-0.39, 0.29) is 17.0 Å². The highest BCUT2D eigenvalue weighted by molar-refractivity contribution is 7.90. The molecule has 1 aliphatic rings. The number of nitrogens with one attached hydrogen (secondary N) is 1. The third-order valence-electron chi connectivity index (χ3n) is 3.53. The molecular weight excluding hydrogens is 280 g/mol. The van der Waals surface area contributed by atoms with Crippen LogP contribution in [0.4, 0.5) is 0 Å². The number of ether oxygens (including phenoxy) is 1. The van der Waals surface area contributed by atoms with Crippen LogP contribution < -0.4 is 5.32 Å². The van der Waals surface area contributed by atoms with Crippen molar-refractivity contribution in [2.75, 3.05) is 19.9 Å². The van der Waals surface area contributed by atoms with Gasteiger partial charge in [-0.2, -0.15) is 0 Å². The van der Waals surface area contributed by atoms with E-state index in [0.29, 0.717) is 17.0 Å². The van der Waals surface area contributed by atoms with Crippen molar-refractivity contribution in [2.24, 2.45) is 0 Å². The lowest BCUT2D eigenvalue weighted by atomic mass is 10.2. The monoisotopic (exact) mass is 296 g/mol. The maximum Gasteiger partial charge on any atom is 0.212 e. The van der Waals surface area contributed by atoms with Crippen LogP contribution in [0, 0.1) is 0 Å². The summed E-state index contributed by atoms with van der Waals surface area (Å²) in [5.41, 5.74) is 1.15. The van der Waals surface area contributed by atoms with Crippen LogP contribution in [0.1, 0.15) is 18.4 Å².